The molecule has 0 saturated heterocycles. The van der Waals surface area contributed by atoms with Gasteiger partial charge in [0.05, 0.1) is 11.1 Å². The van der Waals surface area contributed by atoms with E-state index in [1.807, 2.05) is 57.2 Å². The third-order valence-corrected chi connectivity index (χ3v) is 6.98. The molecule has 1 amide bonds. The quantitative estimate of drug-likeness (QED) is 0.382. The molecule has 5 heteroatoms. The van der Waals surface area contributed by atoms with Crippen LogP contribution in [-0.2, 0) is 24.3 Å². The lowest BCUT2D eigenvalue weighted by Crippen LogP contribution is -2.55. The molecule has 178 valence electrons. The van der Waals surface area contributed by atoms with E-state index in [1.165, 1.54) is 11.1 Å². The summed E-state index contributed by atoms with van der Waals surface area (Å²) in [7, 11) is 0. The van der Waals surface area contributed by atoms with Crippen molar-refractivity contribution in [1.82, 2.24) is 15.2 Å². The van der Waals surface area contributed by atoms with Gasteiger partial charge in [-0.1, -0.05) is 54.6 Å². The highest BCUT2D eigenvalue weighted by Gasteiger charge is 2.36. The molecule has 0 radical (unpaired) electrons. The highest BCUT2D eigenvalue weighted by atomic mass is 16.2. The van der Waals surface area contributed by atoms with Gasteiger partial charge in [0.25, 0.3) is 0 Å². The second-order valence-corrected chi connectivity index (χ2v) is 9.84. The van der Waals surface area contributed by atoms with Crippen molar-refractivity contribution in [3.63, 3.8) is 0 Å². The van der Waals surface area contributed by atoms with Crippen LogP contribution in [0.15, 0.2) is 78.9 Å². The Labute approximate surface area is 207 Å². The van der Waals surface area contributed by atoms with Crippen LogP contribution in [0.3, 0.4) is 0 Å². The summed E-state index contributed by atoms with van der Waals surface area (Å²) in [4.78, 5) is 20.1. The van der Waals surface area contributed by atoms with Gasteiger partial charge in [-0.15, -0.1) is 0 Å². The summed E-state index contributed by atoms with van der Waals surface area (Å²) >= 11 is 0. The predicted octanol–water partition coefficient (Wildman–Crippen LogP) is 5.74. The number of hydrogen-bond acceptors (Lipinski definition) is 4. The van der Waals surface area contributed by atoms with Gasteiger partial charge in [-0.2, -0.15) is 0 Å². The second kappa shape index (κ2) is 9.51. The fraction of sp³-hybridized carbons (Fsp3) is 0.267. The molecule has 0 aliphatic carbocycles. The SMILES string of the molecule is Cc1cc(Nc2cccc(CNC(=O)C(C)(C)N3CCc4ccccc4C3)c2)c2ccccc2n1. The van der Waals surface area contributed by atoms with Gasteiger partial charge in [-0.05, 0) is 68.1 Å². The molecule has 0 unspecified atom stereocenters. The molecule has 1 aliphatic rings. The molecule has 3 aromatic carbocycles. The molecule has 1 aliphatic heterocycles. The Kier molecular flexibility index (Phi) is 6.27. The van der Waals surface area contributed by atoms with E-state index < -0.39 is 5.54 Å². The van der Waals surface area contributed by atoms with Gasteiger partial charge in [-0.25, -0.2) is 0 Å². The molecule has 0 fully saturated rings. The van der Waals surface area contributed by atoms with Gasteiger partial charge >= 0.3 is 0 Å². The van der Waals surface area contributed by atoms with Crippen LogP contribution < -0.4 is 10.6 Å². The molecule has 0 spiro atoms. The molecule has 0 bridgehead atoms. The molecular formula is C30H32N4O. The fourth-order valence-corrected chi connectivity index (χ4v) is 4.84. The number of pyridine rings is 1. The number of para-hydroxylation sites is 1. The maximum Gasteiger partial charge on any atom is 0.240 e. The lowest BCUT2D eigenvalue weighted by atomic mass is 9.93. The Balaban J connectivity index is 1.26. The van der Waals surface area contributed by atoms with Gasteiger partial charge in [0.2, 0.25) is 5.91 Å². The second-order valence-electron chi connectivity index (χ2n) is 9.84. The van der Waals surface area contributed by atoms with Gasteiger partial charge in [0.1, 0.15) is 0 Å². The number of hydrogen-bond donors (Lipinski definition) is 2. The number of carbonyl (C=O) groups is 1. The van der Waals surface area contributed by atoms with Crippen LogP contribution in [0.1, 0.15) is 36.2 Å². The zero-order chi connectivity index (χ0) is 24.4. The molecule has 1 aromatic heterocycles. The normalized spacial score (nSPS) is 13.9. The molecule has 35 heavy (non-hydrogen) atoms. The van der Waals surface area contributed by atoms with Crippen LogP contribution in [-0.4, -0.2) is 27.9 Å². The molecule has 2 heterocycles. The van der Waals surface area contributed by atoms with E-state index >= 15 is 0 Å². The van der Waals surface area contributed by atoms with Crippen LogP contribution in [0.25, 0.3) is 10.9 Å². The summed E-state index contributed by atoms with van der Waals surface area (Å²) < 4.78 is 0. The van der Waals surface area contributed by atoms with E-state index in [1.54, 1.807) is 0 Å². The Morgan fingerprint density at radius 2 is 1.74 bits per heavy atom. The van der Waals surface area contributed by atoms with Crippen molar-refractivity contribution in [2.75, 3.05) is 11.9 Å². The minimum atomic E-state index is -0.586. The van der Waals surface area contributed by atoms with E-state index in [-0.39, 0.29) is 5.91 Å². The van der Waals surface area contributed by atoms with Crippen molar-refractivity contribution >= 4 is 28.2 Å². The maximum absolute atomic E-state index is 13.2. The molecule has 0 saturated carbocycles. The summed E-state index contributed by atoms with van der Waals surface area (Å²) in [6.45, 7) is 8.21. The summed E-state index contributed by atoms with van der Waals surface area (Å²) in [5.41, 5.74) is 7.13. The zero-order valence-corrected chi connectivity index (χ0v) is 20.6. The van der Waals surface area contributed by atoms with E-state index in [2.05, 4.69) is 63.0 Å². The predicted molar refractivity (Wildman–Crippen MR) is 143 cm³/mol. The van der Waals surface area contributed by atoms with E-state index in [0.717, 1.165) is 53.0 Å². The van der Waals surface area contributed by atoms with E-state index in [9.17, 15) is 4.79 Å². The number of benzene rings is 3. The van der Waals surface area contributed by atoms with Crippen molar-refractivity contribution < 1.29 is 4.79 Å². The summed E-state index contributed by atoms with van der Waals surface area (Å²) in [6, 6.07) is 26.9. The monoisotopic (exact) mass is 464 g/mol. The van der Waals surface area contributed by atoms with Gasteiger partial charge in [-0.3, -0.25) is 14.7 Å². The van der Waals surface area contributed by atoms with Crippen molar-refractivity contribution in [3.8, 4) is 0 Å². The molecule has 2 N–H and O–H groups in total. The van der Waals surface area contributed by atoms with Crippen molar-refractivity contribution in [2.45, 2.75) is 45.8 Å². The molecule has 4 aromatic rings. The number of nitrogens with one attached hydrogen (secondary N) is 2. The summed E-state index contributed by atoms with van der Waals surface area (Å²) in [5, 5.41) is 7.80. The first-order chi connectivity index (χ1) is 16.9. The van der Waals surface area contributed by atoms with Crippen molar-refractivity contribution in [1.29, 1.82) is 0 Å². The number of carbonyl (C=O) groups excluding carboxylic acids is 1. The Hall–Kier alpha value is -3.70. The largest absolute Gasteiger partial charge is 0.355 e. The first-order valence-corrected chi connectivity index (χ1v) is 12.2. The smallest absolute Gasteiger partial charge is 0.240 e. The lowest BCUT2D eigenvalue weighted by Gasteiger charge is -2.40. The number of nitrogens with zero attached hydrogens (tertiary/aromatic N) is 2. The number of anilines is 2. The number of aromatic nitrogens is 1. The fourth-order valence-electron chi connectivity index (χ4n) is 4.84. The maximum atomic E-state index is 13.2. The highest BCUT2D eigenvalue weighted by Crippen LogP contribution is 2.28. The van der Waals surface area contributed by atoms with Gasteiger partial charge < -0.3 is 10.6 Å². The third-order valence-electron chi connectivity index (χ3n) is 6.98. The minimum absolute atomic E-state index is 0.0472. The summed E-state index contributed by atoms with van der Waals surface area (Å²) in [5.74, 6) is 0.0472. The van der Waals surface area contributed by atoms with Crippen LogP contribution >= 0.6 is 0 Å². The number of rotatable bonds is 6. The van der Waals surface area contributed by atoms with Crippen LogP contribution in [0.2, 0.25) is 0 Å². The van der Waals surface area contributed by atoms with Gasteiger partial charge in [0, 0.05) is 42.1 Å². The number of aryl methyl sites for hydroxylation is 1. The number of fused-ring (bicyclic) bond motifs is 2. The summed E-state index contributed by atoms with van der Waals surface area (Å²) in [6.07, 6.45) is 0.976. The first kappa shape index (κ1) is 23.1. The highest BCUT2D eigenvalue weighted by molar-refractivity contribution is 5.93. The van der Waals surface area contributed by atoms with Crippen LogP contribution in [0.4, 0.5) is 11.4 Å². The zero-order valence-electron chi connectivity index (χ0n) is 20.6. The average Bonchev–Trinajstić information content (AvgIpc) is 2.87. The number of amides is 1. The van der Waals surface area contributed by atoms with Crippen LogP contribution in [0.5, 0.6) is 0 Å². The van der Waals surface area contributed by atoms with E-state index in [0.29, 0.717) is 6.54 Å². The molecule has 0 atom stereocenters. The van der Waals surface area contributed by atoms with Gasteiger partial charge in [0.15, 0.2) is 0 Å². The van der Waals surface area contributed by atoms with Crippen molar-refractivity contribution in [2.24, 2.45) is 0 Å². The standard InChI is InChI=1S/C30H32N4O/c1-21-17-28(26-13-6-7-14-27(26)32-21)33-25-12-8-9-22(18-25)19-31-29(35)30(2,3)34-16-15-23-10-4-5-11-24(23)20-34/h4-14,17-18H,15-16,19-20H2,1-3H3,(H,31,35)(H,32,33). The minimum Gasteiger partial charge on any atom is -0.355 e. The first-order valence-electron chi connectivity index (χ1n) is 12.2. The lowest BCUT2D eigenvalue weighted by molar-refractivity contribution is -0.132. The average molecular weight is 465 g/mol. The molecule has 5 nitrogen and oxygen atoms in total. The van der Waals surface area contributed by atoms with Crippen LogP contribution in [0, 0.1) is 6.92 Å². The molecule has 5 rings (SSSR count). The Morgan fingerprint density at radius 3 is 2.60 bits per heavy atom. The molecular weight excluding hydrogens is 432 g/mol. The van der Waals surface area contributed by atoms with E-state index in [4.69, 9.17) is 0 Å². The Bertz CT molecular complexity index is 1380. The third kappa shape index (κ3) is 4.91. The van der Waals surface area contributed by atoms with Crippen molar-refractivity contribution in [3.05, 3.63) is 101 Å². The topological polar surface area (TPSA) is 57.3 Å². The Morgan fingerprint density at radius 1 is 0.971 bits per heavy atom.